The third-order valence-corrected chi connectivity index (χ3v) is 10.2. The Labute approximate surface area is 219 Å². The fourth-order valence-electron chi connectivity index (χ4n) is 5.16. The van der Waals surface area contributed by atoms with E-state index in [-0.39, 0.29) is 23.2 Å². The second-order valence-electron chi connectivity index (χ2n) is 9.58. The third-order valence-electron chi connectivity index (χ3n) is 7.15. The molecule has 0 spiro atoms. The lowest BCUT2D eigenvalue weighted by atomic mass is 10.0. The summed E-state index contributed by atoms with van der Waals surface area (Å²) < 4.78 is 44.0. The molecule has 1 unspecified atom stereocenters. The van der Waals surface area contributed by atoms with Crippen molar-refractivity contribution in [2.75, 3.05) is 50.9 Å². The first-order valence-electron chi connectivity index (χ1n) is 12.4. The number of morpholine rings is 1. The molecule has 9 nitrogen and oxygen atoms in total. The van der Waals surface area contributed by atoms with Gasteiger partial charge in [-0.25, -0.2) is 13.1 Å². The molecule has 6 rings (SSSR count). The summed E-state index contributed by atoms with van der Waals surface area (Å²) >= 11 is -1.27. The lowest BCUT2D eigenvalue weighted by Crippen LogP contribution is -2.41. The van der Waals surface area contributed by atoms with Gasteiger partial charge in [0.1, 0.15) is 5.75 Å². The molecule has 37 heavy (non-hydrogen) atoms. The zero-order valence-corrected chi connectivity index (χ0v) is 22.0. The fourth-order valence-corrected chi connectivity index (χ4v) is 7.77. The molecule has 0 aliphatic carbocycles. The summed E-state index contributed by atoms with van der Waals surface area (Å²) in [5, 5.41) is 4.83. The van der Waals surface area contributed by atoms with Gasteiger partial charge in [-0.3, -0.25) is 9.69 Å². The summed E-state index contributed by atoms with van der Waals surface area (Å²) in [6.07, 6.45) is 0. The monoisotopic (exact) mass is 540 g/mol. The highest BCUT2D eigenvalue weighted by Crippen LogP contribution is 2.40. The number of hydrogen-bond acceptors (Lipinski definition) is 7. The number of fused-ring (bicyclic) bond motifs is 3. The average molecular weight is 541 g/mol. The first kappa shape index (κ1) is 24.6. The number of rotatable bonds is 4. The van der Waals surface area contributed by atoms with Crippen LogP contribution in [-0.2, 0) is 38.0 Å². The number of sulfone groups is 1. The quantitative estimate of drug-likeness (QED) is 0.465. The van der Waals surface area contributed by atoms with Crippen LogP contribution in [0.5, 0.6) is 0 Å². The second-order valence-corrected chi connectivity index (χ2v) is 13.3. The minimum Gasteiger partial charge on any atom is -0.611 e. The van der Waals surface area contributed by atoms with Crippen molar-refractivity contribution in [3.05, 3.63) is 65.4 Å². The van der Waals surface area contributed by atoms with E-state index in [1.807, 2.05) is 53.2 Å². The van der Waals surface area contributed by atoms with Crippen molar-refractivity contribution >= 4 is 26.9 Å². The summed E-state index contributed by atoms with van der Waals surface area (Å²) in [4.78, 5) is 18.2. The van der Waals surface area contributed by atoms with Gasteiger partial charge in [0.05, 0.1) is 47.2 Å². The number of benzene rings is 2. The zero-order chi connectivity index (χ0) is 25.6. The smallest absolute Gasteiger partial charge is 0.275 e. The maximum atomic E-state index is 13.6. The lowest BCUT2D eigenvalue weighted by Gasteiger charge is -2.26. The van der Waals surface area contributed by atoms with Crippen LogP contribution < -0.4 is 0 Å². The van der Waals surface area contributed by atoms with E-state index >= 15 is 0 Å². The van der Waals surface area contributed by atoms with Gasteiger partial charge in [0.2, 0.25) is 0 Å². The van der Waals surface area contributed by atoms with Crippen LogP contribution in [0.15, 0.2) is 53.4 Å². The zero-order valence-electron chi connectivity index (χ0n) is 20.3. The van der Waals surface area contributed by atoms with E-state index in [4.69, 9.17) is 9.84 Å². The van der Waals surface area contributed by atoms with Crippen LogP contribution in [0.25, 0.3) is 16.9 Å². The van der Waals surface area contributed by atoms with Crippen LogP contribution in [0.2, 0.25) is 0 Å². The van der Waals surface area contributed by atoms with Crippen molar-refractivity contribution in [1.29, 1.82) is 0 Å². The molecule has 0 bridgehead atoms. The first-order valence-corrected chi connectivity index (χ1v) is 15.5. The van der Waals surface area contributed by atoms with Crippen molar-refractivity contribution < 1.29 is 22.5 Å². The van der Waals surface area contributed by atoms with Gasteiger partial charge in [0.25, 0.3) is 5.91 Å². The van der Waals surface area contributed by atoms with Crippen LogP contribution >= 0.6 is 0 Å². The number of aromatic nitrogens is 2. The highest BCUT2D eigenvalue weighted by Gasteiger charge is 2.37. The summed E-state index contributed by atoms with van der Waals surface area (Å²) in [7, 11) is -2.94. The molecule has 2 aromatic carbocycles. The Morgan fingerprint density at radius 2 is 1.78 bits per heavy atom. The Balaban J connectivity index is 1.40. The van der Waals surface area contributed by atoms with E-state index in [0.717, 1.165) is 27.4 Å². The summed E-state index contributed by atoms with van der Waals surface area (Å²) in [5.41, 5.74) is 4.51. The Kier molecular flexibility index (Phi) is 6.58. The largest absolute Gasteiger partial charge is 0.611 e. The van der Waals surface area contributed by atoms with Crippen molar-refractivity contribution in [3.8, 4) is 16.9 Å². The van der Waals surface area contributed by atoms with E-state index in [2.05, 4.69) is 4.90 Å². The summed E-state index contributed by atoms with van der Waals surface area (Å²) in [6.45, 7) is 3.64. The molecular weight excluding hydrogens is 512 g/mol. The molecule has 194 valence electrons. The normalized spacial score (nSPS) is 21.3. The van der Waals surface area contributed by atoms with Gasteiger partial charge >= 0.3 is 0 Å². The standard InChI is InChI=1S/C26H28N4O5S2/c31-26(29-8-12-35-13-9-29)24-22-18-36(32)23-7-2-1-6-21(23)25(22)30(27-24)20-5-3-4-19(16-20)17-28-10-14-37(33,34)15-11-28/h1-7,16H,8-15,17-18H2. The van der Waals surface area contributed by atoms with E-state index in [1.165, 1.54) is 0 Å². The molecule has 0 saturated carbocycles. The number of ether oxygens (including phenoxy) is 1. The maximum absolute atomic E-state index is 13.6. The summed E-state index contributed by atoms with van der Waals surface area (Å²) in [5.74, 6) is 0.431. The van der Waals surface area contributed by atoms with Gasteiger partial charge in [-0.2, -0.15) is 5.10 Å². The Hall–Kier alpha value is -2.70. The molecule has 3 aromatic rings. The third kappa shape index (κ3) is 4.82. The van der Waals surface area contributed by atoms with Gasteiger partial charge < -0.3 is 14.2 Å². The molecule has 0 radical (unpaired) electrons. The van der Waals surface area contributed by atoms with Gasteiger partial charge in [0.15, 0.2) is 20.4 Å². The predicted octanol–water partition coefficient (Wildman–Crippen LogP) is 1.86. The maximum Gasteiger partial charge on any atom is 0.275 e. The van der Waals surface area contributed by atoms with E-state index < -0.39 is 21.0 Å². The van der Waals surface area contributed by atoms with Crippen LogP contribution in [0, 0.1) is 0 Å². The molecule has 3 aliphatic heterocycles. The van der Waals surface area contributed by atoms with Crippen LogP contribution in [0.3, 0.4) is 0 Å². The molecule has 11 heteroatoms. The van der Waals surface area contributed by atoms with E-state index in [9.17, 15) is 17.8 Å². The number of carbonyl (C=O) groups excluding carboxylic acids is 1. The minimum absolute atomic E-state index is 0.166. The Morgan fingerprint density at radius 3 is 2.57 bits per heavy atom. The second kappa shape index (κ2) is 9.88. The van der Waals surface area contributed by atoms with Gasteiger partial charge in [-0.15, -0.1) is 0 Å². The van der Waals surface area contributed by atoms with E-state index in [1.54, 1.807) is 4.90 Å². The first-order chi connectivity index (χ1) is 17.9. The highest BCUT2D eigenvalue weighted by atomic mass is 32.2. The number of hydrogen-bond donors (Lipinski definition) is 0. The molecule has 1 atom stereocenters. The lowest BCUT2D eigenvalue weighted by molar-refractivity contribution is 0.0298. The molecule has 1 amide bonds. The molecule has 2 fully saturated rings. The average Bonchev–Trinajstić information content (AvgIpc) is 3.30. The molecule has 3 aliphatic rings. The Bertz CT molecular complexity index is 1430. The number of carbonyl (C=O) groups is 1. The van der Waals surface area contributed by atoms with Gasteiger partial charge in [-0.05, 0) is 41.0 Å². The molecule has 0 N–H and O–H groups in total. The number of nitrogens with zero attached hydrogens (tertiary/aromatic N) is 4. The topological polar surface area (TPSA) is 108 Å². The van der Waals surface area contributed by atoms with E-state index in [0.29, 0.717) is 57.2 Å². The van der Waals surface area contributed by atoms with Gasteiger partial charge in [-0.1, -0.05) is 24.3 Å². The summed E-state index contributed by atoms with van der Waals surface area (Å²) in [6, 6.07) is 15.6. The van der Waals surface area contributed by atoms with Crippen molar-refractivity contribution in [3.63, 3.8) is 0 Å². The molecule has 1 aromatic heterocycles. The van der Waals surface area contributed by atoms with Crippen molar-refractivity contribution in [1.82, 2.24) is 19.6 Å². The SMILES string of the molecule is O=C(c1nn(-c2cccc(CN3CCS(=O)(=O)CC3)c2)c2c1C[S+]([O-])c1ccccc1-2)N1CCOCC1. The van der Waals surface area contributed by atoms with Crippen molar-refractivity contribution in [2.24, 2.45) is 0 Å². The Morgan fingerprint density at radius 1 is 1.03 bits per heavy atom. The minimum atomic E-state index is -2.94. The molecule has 2 saturated heterocycles. The molecular formula is C26H28N4O5S2. The van der Waals surface area contributed by atoms with Crippen LogP contribution in [-0.4, -0.2) is 89.4 Å². The number of amides is 1. The van der Waals surface area contributed by atoms with Gasteiger partial charge in [0, 0.05) is 32.7 Å². The highest BCUT2D eigenvalue weighted by molar-refractivity contribution is 7.91. The van der Waals surface area contributed by atoms with Crippen LogP contribution in [0.4, 0.5) is 0 Å². The van der Waals surface area contributed by atoms with Crippen molar-refractivity contribution in [2.45, 2.75) is 17.2 Å². The van der Waals surface area contributed by atoms with Crippen LogP contribution in [0.1, 0.15) is 21.6 Å². The predicted molar refractivity (Wildman–Crippen MR) is 140 cm³/mol. The molecule has 4 heterocycles. The fraction of sp³-hybridized carbons (Fsp3) is 0.385.